The Morgan fingerprint density at radius 2 is 1.23 bits per heavy atom. The van der Waals surface area contributed by atoms with Crippen LogP contribution in [0.1, 0.15) is 116 Å². The van der Waals surface area contributed by atoms with Crippen molar-refractivity contribution in [2.45, 2.75) is 104 Å². The highest BCUT2D eigenvalue weighted by molar-refractivity contribution is 9.12. The highest BCUT2D eigenvalue weighted by atomic mass is 79.9. The number of halogens is 1. The summed E-state index contributed by atoms with van der Waals surface area (Å²) in [6.45, 7) is 8.26. The lowest BCUT2D eigenvalue weighted by molar-refractivity contribution is -0.137. The van der Waals surface area contributed by atoms with Crippen LogP contribution >= 0.6 is 15.9 Å². The number of nitrogens with zero attached hydrogens (tertiary/aromatic N) is 5. The summed E-state index contributed by atoms with van der Waals surface area (Å²) >= 11 is 3.08. The number of ether oxygens (including phenoxy) is 4. The van der Waals surface area contributed by atoms with Crippen LogP contribution in [0.4, 0.5) is 17.1 Å². The van der Waals surface area contributed by atoms with Crippen LogP contribution in [0.15, 0.2) is 106 Å². The van der Waals surface area contributed by atoms with Crippen LogP contribution in [0.3, 0.4) is 0 Å². The van der Waals surface area contributed by atoms with E-state index in [1.165, 1.54) is 25.9 Å². The number of anilines is 1. The van der Waals surface area contributed by atoms with Gasteiger partial charge in [0.2, 0.25) is 11.8 Å². The first kappa shape index (κ1) is 57.5. The highest BCUT2D eigenvalue weighted by Crippen LogP contribution is 2.42. The van der Waals surface area contributed by atoms with E-state index in [4.69, 9.17) is 28.9 Å². The van der Waals surface area contributed by atoms with Gasteiger partial charge in [0.15, 0.2) is 28.8 Å². The van der Waals surface area contributed by atoms with E-state index in [2.05, 4.69) is 57.8 Å². The molecule has 18 nitrogen and oxygen atoms in total. The number of carbonyl (C=O) groups excluding carboxylic acids is 7. The van der Waals surface area contributed by atoms with Gasteiger partial charge >= 0.3 is 0 Å². The molecule has 5 heterocycles. The van der Waals surface area contributed by atoms with Gasteiger partial charge < -0.3 is 39.4 Å². The first-order chi connectivity index (χ1) is 39.0. The maximum Gasteiger partial charge on any atom is 0.267 e. The van der Waals surface area contributed by atoms with Crippen molar-refractivity contribution in [3.8, 4) is 23.0 Å². The SMILES string of the molecule is CCc1ccc(C2=CN3C(=O)c4cc(OC)c(OCCCOc5cc6c(cc5OC)C(=O)N5C=C(c7ccc(NC(=O)[C@@H](C)CC(=O)[C@H](NC(=O)CCCCCN8C(=O)C=C(Br)C8=O)C(C)C)cc7)C[C@H]5C=N6)cc4N=C[C@@H]3C2)cc1. The number of aryl methyl sites for hydroxylation is 1. The number of nitrogens with one attached hydrogen (secondary N) is 2. The van der Waals surface area contributed by atoms with Gasteiger partial charge in [-0.25, -0.2) is 0 Å². The molecule has 0 unspecified atom stereocenters. The average Bonchev–Trinajstić information content (AvgIpc) is 4.23. The van der Waals surface area contributed by atoms with Crippen LogP contribution in [0, 0.1) is 11.8 Å². The Morgan fingerprint density at radius 3 is 1.73 bits per heavy atom. The molecule has 0 radical (unpaired) electrons. The number of imide groups is 1. The van der Waals surface area contributed by atoms with Crippen molar-refractivity contribution in [1.29, 1.82) is 0 Å². The van der Waals surface area contributed by atoms with Crippen molar-refractivity contribution in [2.75, 3.05) is 39.3 Å². The minimum Gasteiger partial charge on any atom is -0.493 e. The number of rotatable bonds is 24. The van der Waals surface area contributed by atoms with Crippen LogP contribution in [0.2, 0.25) is 0 Å². The number of aliphatic imine (C=N–C) groups is 2. The Balaban J connectivity index is 0.736. The summed E-state index contributed by atoms with van der Waals surface area (Å²) in [4.78, 5) is 106. The minimum absolute atomic E-state index is 0.0709. The van der Waals surface area contributed by atoms with E-state index in [1.54, 1.807) is 59.3 Å². The van der Waals surface area contributed by atoms with E-state index in [1.807, 2.05) is 44.6 Å². The second-order valence-electron chi connectivity index (χ2n) is 21.0. The maximum absolute atomic E-state index is 14.1. The zero-order valence-electron chi connectivity index (χ0n) is 46.3. The number of benzene rings is 4. The number of amides is 6. The Morgan fingerprint density at radius 1 is 0.691 bits per heavy atom. The lowest BCUT2D eigenvalue weighted by Crippen LogP contribution is -2.45. The minimum atomic E-state index is -0.765. The standard InChI is InChI=1S/C62H66BrN7O11/c1-7-38-13-15-39(16-14-38)41-25-44-32-64-49-30-54(52(78-5)27-46(49)60(75)69(44)34-41)80-22-11-23-81-55-31-50-47(28-53(55)79-6)61(76)70-35-42(26-45(70)33-65-50)40-17-19-43(20-18-40)66-59(74)37(4)24-51(71)58(36(2)3)67-56(72)12-9-8-10-21-68-57(73)29-48(63)62(68)77/h13-20,27-37,44-45,58H,7-12,21-26H2,1-6H3,(H,66,74)(H,67,72)/t37-,44-,45-,58+/m0/s1. The normalized spacial score (nSPS) is 17.8. The second-order valence-corrected chi connectivity index (χ2v) is 21.9. The molecule has 422 valence electrons. The summed E-state index contributed by atoms with van der Waals surface area (Å²) in [6.07, 6.45) is 13.0. The van der Waals surface area contributed by atoms with E-state index < -0.39 is 12.0 Å². The van der Waals surface area contributed by atoms with Gasteiger partial charge in [0.1, 0.15) is 0 Å². The summed E-state index contributed by atoms with van der Waals surface area (Å²) in [5, 5.41) is 5.75. The van der Waals surface area contributed by atoms with Crippen molar-refractivity contribution in [1.82, 2.24) is 20.0 Å². The molecule has 0 fully saturated rings. The molecule has 9 rings (SSSR count). The van der Waals surface area contributed by atoms with E-state index in [0.717, 1.165) is 33.6 Å². The Labute approximate surface area is 479 Å². The van der Waals surface area contributed by atoms with Crippen molar-refractivity contribution >= 4 is 97.8 Å². The smallest absolute Gasteiger partial charge is 0.267 e. The molecule has 4 aromatic rings. The molecule has 0 spiro atoms. The van der Waals surface area contributed by atoms with E-state index in [0.29, 0.717) is 89.7 Å². The molecule has 6 amide bonds. The number of fused-ring (bicyclic) bond motifs is 4. The quantitative estimate of drug-likeness (QED) is 0.0497. The van der Waals surface area contributed by atoms with E-state index in [9.17, 15) is 33.6 Å². The van der Waals surface area contributed by atoms with Crippen molar-refractivity contribution < 1.29 is 52.5 Å². The van der Waals surface area contributed by atoms with Crippen LogP contribution in [-0.2, 0) is 30.4 Å². The average molecular weight is 1170 g/mol. The molecular weight excluding hydrogens is 1100 g/mol. The van der Waals surface area contributed by atoms with Gasteiger partial charge in [-0.3, -0.25) is 48.4 Å². The fraction of sp³-hybridized carbons (Fsp3) is 0.371. The molecule has 4 atom stereocenters. The summed E-state index contributed by atoms with van der Waals surface area (Å²) in [7, 11) is 3.04. The number of carbonyl (C=O) groups is 7. The van der Waals surface area contributed by atoms with Crippen LogP contribution in [-0.4, -0.2) is 120 Å². The Hall–Kier alpha value is -8.19. The molecule has 5 aliphatic rings. The maximum atomic E-state index is 14.1. The third-order valence-electron chi connectivity index (χ3n) is 15.0. The van der Waals surface area contributed by atoms with Gasteiger partial charge in [-0.2, -0.15) is 0 Å². The van der Waals surface area contributed by atoms with Gasteiger partial charge in [-0.05, 0) is 93.2 Å². The fourth-order valence-corrected chi connectivity index (χ4v) is 10.8. The molecule has 0 aromatic heterocycles. The number of Topliss-reactive ketones (excluding diaryl/α,β-unsaturated/α-hetero) is 1. The summed E-state index contributed by atoms with van der Waals surface area (Å²) in [5.41, 5.74) is 7.47. The van der Waals surface area contributed by atoms with Crippen LogP contribution in [0.5, 0.6) is 23.0 Å². The zero-order valence-corrected chi connectivity index (χ0v) is 47.9. The molecule has 0 aliphatic carbocycles. The topological polar surface area (TPSA) is 215 Å². The van der Waals surface area contributed by atoms with Crippen molar-refractivity contribution in [3.63, 3.8) is 0 Å². The van der Waals surface area contributed by atoms with Crippen molar-refractivity contribution in [3.05, 3.63) is 124 Å². The van der Waals surface area contributed by atoms with E-state index in [-0.39, 0.29) is 96.3 Å². The summed E-state index contributed by atoms with van der Waals surface area (Å²) in [5.74, 6) is -1.23. The molecule has 0 saturated heterocycles. The predicted molar refractivity (Wildman–Crippen MR) is 312 cm³/mol. The molecule has 81 heavy (non-hydrogen) atoms. The lowest BCUT2D eigenvalue weighted by atomic mass is 9.92. The van der Waals surface area contributed by atoms with Gasteiger partial charge in [-0.15, -0.1) is 0 Å². The highest BCUT2D eigenvalue weighted by Gasteiger charge is 2.36. The fourth-order valence-electron chi connectivity index (χ4n) is 10.4. The molecule has 5 aliphatic heterocycles. The summed E-state index contributed by atoms with van der Waals surface area (Å²) < 4.78 is 24.0. The second kappa shape index (κ2) is 25.5. The van der Waals surface area contributed by atoms with Crippen molar-refractivity contribution in [2.24, 2.45) is 21.8 Å². The number of ketones is 1. The predicted octanol–water partition coefficient (Wildman–Crippen LogP) is 9.94. The van der Waals surface area contributed by atoms with Gasteiger partial charge in [0, 0.05) is 93.3 Å². The summed E-state index contributed by atoms with van der Waals surface area (Å²) in [6, 6.07) is 21.2. The molecule has 0 saturated carbocycles. The molecule has 0 bridgehead atoms. The number of hydrogen-bond donors (Lipinski definition) is 2. The molecule has 19 heteroatoms. The number of methoxy groups -OCH3 is 2. The van der Waals surface area contributed by atoms with Crippen LogP contribution in [0.25, 0.3) is 11.1 Å². The first-order valence-electron chi connectivity index (χ1n) is 27.4. The zero-order chi connectivity index (χ0) is 57.5. The first-order valence-corrected chi connectivity index (χ1v) is 28.2. The number of unbranched alkanes of at least 4 members (excludes halogenated alkanes) is 2. The lowest BCUT2D eigenvalue weighted by Gasteiger charge is -2.23. The third-order valence-corrected chi connectivity index (χ3v) is 15.6. The van der Waals surface area contributed by atoms with E-state index >= 15 is 0 Å². The van der Waals surface area contributed by atoms with Gasteiger partial charge in [-0.1, -0.05) is 70.5 Å². The Kier molecular flexibility index (Phi) is 18.1. The number of hydrogen-bond acceptors (Lipinski definition) is 13. The third kappa shape index (κ3) is 13.0. The largest absolute Gasteiger partial charge is 0.493 e. The molecular formula is C62H66BrN7O11. The Bertz CT molecular complexity index is 3290. The molecule has 2 N–H and O–H groups in total. The molecule has 4 aromatic carbocycles. The van der Waals surface area contributed by atoms with Gasteiger partial charge in [0.25, 0.3) is 23.6 Å². The monoisotopic (exact) mass is 1160 g/mol. The van der Waals surface area contributed by atoms with Gasteiger partial charge in [0.05, 0.1) is 72.5 Å². The van der Waals surface area contributed by atoms with Crippen LogP contribution < -0.4 is 29.6 Å².